The number of nitrogens with one attached hydrogen (secondary N) is 1. The summed E-state index contributed by atoms with van der Waals surface area (Å²) in [7, 11) is -2.62. The van der Waals surface area contributed by atoms with Crippen LogP contribution >= 0.6 is 0 Å². The van der Waals surface area contributed by atoms with Crippen molar-refractivity contribution in [3.63, 3.8) is 0 Å². The molecular weight excluding hydrogens is 542 g/mol. The molecule has 6 rings (SSSR count). The lowest BCUT2D eigenvalue weighted by Crippen LogP contribution is -2.64. The quantitative estimate of drug-likeness (QED) is 0.238. The lowest BCUT2D eigenvalue weighted by atomic mass is 10.2. The number of imidazole rings is 1. The first kappa shape index (κ1) is 28.7. The summed E-state index contributed by atoms with van der Waals surface area (Å²) in [5, 5.41) is 3.38. The number of benzene rings is 2. The first-order valence-corrected chi connectivity index (χ1v) is 16.6. The molecule has 4 heterocycles. The summed E-state index contributed by atoms with van der Waals surface area (Å²) >= 11 is 0. The Hall–Kier alpha value is -3.37. The predicted molar refractivity (Wildman–Crippen MR) is 169 cm³/mol. The van der Waals surface area contributed by atoms with Crippen LogP contribution in [0.15, 0.2) is 67.0 Å². The fourth-order valence-electron chi connectivity index (χ4n) is 6.45. The number of fused-ring (bicyclic) bond motifs is 2. The third kappa shape index (κ3) is 5.30. The molecule has 0 saturated carbocycles. The van der Waals surface area contributed by atoms with E-state index in [1.54, 1.807) is 6.33 Å². The van der Waals surface area contributed by atoms with Crippen LogP contribution < -0.4 is 5.32 Å². The molecule has 0 aliphatic carbocycles. The highest BCUT2D eigenvalue weighted by molar-refractivity contribution is 6.73. The van der Waals surface area contributed by atoms with Crippen LogP contribution in [0.2, 0.25) is 10.1 Å². The maximum Gasteiger partial charge on any atom is 0.349 e. The average molecular weight is 584 g/mol. The summed E-state index contributed by atoms with van der Waals surface area (Å²) in [6, 6.07) is 20.5. The van der Waals surface area contributed by atoms with E-state index in [1.165, 1.54) is 0 Å². The van der Waals surface area contributed by atoms with Gasteiger partial charge in [-0.25, -0.2) is 15.0 Å². The Morgan fingerprint density at radius 3 is 2.29 bits per heavy atom. The largest absolute Gasteiger partial charge is 0.391 e. The second-order valence-electron chi connectivity index (χ2n) is 13.3. The molecule has 9 heteroatoms. The Balaban J connectivity index is 1.36. The molecule has 0 bridgehead atoms. The Morgan fingerprint density at radius 1 is 0.905 bits per heavy atom. The van der Waals surface area contributed by atoms with Gasteiger partial charge in [0, 0.05) is 23.0 Å². The summed E-state index contributed by atoms with van der Waals surface area (Å²) in [5.74, 6) is 0.698. The molecule has 0 spiro atoms. The highest BCUT2D eigenvalue weighted by atomic mass is 28.4. The number of aromatic nitrogens is 4. The van der Waals surface area contributed by atoms with Crippen LogP contribution in [0.25, 0.3) is 23.3 Å². The van der Waals surface area contributed by atoms with Crippen LogP contribution in [0.4, 0.5) is 5.95 Å². The highest BCUT2D eigenvalue weighted by Gasteiger charge is 2.63. The van der Waals surface area contributed by atoms with E-state index in [4.69, 9.17) is 23.6 Å². The van der Waals surface area contributed by atoms with E-state index in [2.05, 4.69) is 80.7 Å². The Bertz CT molecular complexity index is 1550. The van der Waals surface area contributed by atoms with Gasteiger partial charge in [-0.3, -0.25) is 4.57 Å². The molecule has 0 amide bonds. The van der Waals surface area contributed by atoms with E-state index in [0.717, 1.165) is 28.0 Å². The minimum Gasteiger partial charge on any atom is -0.391 e. The van der Waals surface area contributed by atoms with E-state index in [1.807, 2.05) is 48.6 Å². The third-order valence-electron chi connectivity index (χ3n) is 8.24. The first-order chi connectivity index (χ1) is 20.1. The Labute approximate surface area is 249 Å². The normalized spacial score (nSPS) is 22.5. The van der Waals surface area contributed by atoms with Crippen LogP contribution in [0.3, 0.4) is 0 Å². The van der Waals surface area contributed by atoms with Crippen LogP contribution in [-0.2, 0) is 20.1 Å². The standard InChI is InChI=1S/C33H41N5O3Si/c1-32(2,3)42(33(4,5)6)39-21-27-26(41-42)19-28(40-27)38-30-29(37-31(38)34-20-24-15-11-8-12-16-24)25(35-22-36-30)18-17-23-13-9-7-10-14-23/h7-18,22,26-28H,19-21H2,1-6H3,(H,34,37)/t26-,27+,28+/m0/s1. The topological polar surface area (TPSA) is 83.3 Å². The van der Waals surface area contributed by atoms with Crippen molar-refractivity contribution < 1.29 is 13.6 Å². The van der Waals surface area contributed by atoms with E-state index < -0.39 is 8.56 Å². The molecule has 3 atom stereocenters. The summed E-state index contributed by atoms with van der Waals surface area (Å²) < 4.78 is 22.5. The second-order valence-corrected chi connectivity index (χ2v) is 18.0. The lowest BCUT2D eigenvalue weighted by molar-refractivity contribution is -0.0790. The van der Waals surface area contributed by atoms with E-state index in [0.29, 0.717) is 25.5 Å². The van der Waals surface area contributed by atoms with Crippen molar-refractivity contribution in [3.05, 3.63) is 83.8 Å². The van der Waals surface area contributed by atoms with Gasteiger partial charge in [0.05, 0.1) is 18.4 Å². The summed E-state index contributed by atoms with van der Waals surface area (Å²) in [5.41, 5.74) is 4.47. The van der Waals surface area contributed by atoms with Gasteiger partial charge in [-0.1, -0.05) is 108 Å². The van der Waals surface area contributed by atoms with Gasteiger partial charge in [0.25, 0.3) is 0 Å². The molecule has 220 valence electrons. The van der Waals surface area contributed by atoms with Crippen molar-refractivity contribution in [2.45, 2.75) is 83.0 Å². The summed E-state index contributed by atoms with van der Waals surface area (Å²) in [6.07, 6.45) is 5.82. The maximum atomic E-state index is 7.04. The molecule has 0 unspecified atom stereocenters. The summed E-state index contributed by atoms with van der Waals surface area (Å²) in [6.45, 7) is 14.6. The van der Waals surface area contributed by atoms with Crippen LogP contribution in [0.5, 0.6) is 0 Å². The SMILES string of the molecule is CC(C)(C)[Si]1(C(C)(C)C)OC[C@H]2O[C@@H](n3c(NCc4ccccc4)nc4c(C=Cc5ccccc5)ncnc43)C[C@@H]2O1. The van der Waals surface area contributed by atoms with Crippen molar-refractivity contribution in [3.8, 4) is 0 Å². The number of hydrogen-bond donors (Lipinski definition) is 1. The molecule has 1 N–H and O–H groups in total. The van der Waals surface area contributed by atoms with Gasteiger partial charge in [-0.2, -0.15) is 0 Å². The van der Waals surface area contributed by atoms with Crippen LogP contribution in [-0.4, -0.2) is 46.9 Å². The molecule has 0 radical (unpaired) electrons. The molecule has 2 aromatic carbocycles. The van der Waals surface area contributed by atoms with Crippen molar-refractivity contribution >= 4 is 37.8 Å². The fourth-order valence-corrected chi connectivity index (χ4v) is 11.4. The molecular formula is C33H41N5O3Si. The highest BCUT2D eigenvalue weighted by Crippen LogP contribution is 2.56. The van der Waals surface area contributed by atoms with E-state index >= 15 is 0 Å². The number of anilines is 1. The van der Waals surface area contributed by atoms with Crippen molar-refractivity contribution in [2.24, 2.45) is 0 Å². The molecule has 2 aliphatic rings. The van der Waals surface area contributed by atoms with Crippen molar-refractivity contribution in [2.75, 3.05) is 11.9 Å². The Kier molecular flexibility index (Phi) is 7.55. The van der Waals surface area contributed by atoms with Gasteiger partial charge in [0.15, 0.2) is 5.65 Å². The molecule has 2 aromatic heterocycles. The van der Waals surface area contributed by atoms with Crippen molar-refractivity contribution in [1.82, 2.24) is 19.5 Å². The second kappa shape index (κ2) is 11.0. The maximum absolute atomic E-state index is 7.04. The number of ether oxygens (including phenoxy) is 1. The zero-order valence-electron chi connectivity index (χ0n) is 25.4. The predicted octanol–water partition coefficient (Wildman–Crippen LogP) is 7.35. The monoisotopic (exact) mass is 583 g/mol. The fraction of sp³-hybridized carbons (Fsp3) is 0.424. The molecule has 4 aromatic rings. The van der Waals surface area contributed by atoms with Gasteiger partial charge in [-0.05, 0) is 17.2 Å². The third-order valence-corrected chi connectivity index (χ3v) is 13.4. The van der Waals surface area contributed by atoms with Gasteiger partial charge < -0.3 is 18.9 Å². The van der Waals surface area contributed by atoms with Crippen LogP contribution in [0, 0.1) is 0 Å². The molecule has 8 nitrogen and oxygen atoms in total. The molecule has 42 heavy (non-hydrogen) atoms. The number of hydrogen-bond acceptors (Lipinski definition) is 7. The smallest absolute Gasteiger partial charge is 0.349 e. The molecule has 2 fully saturated rings. The van der Waals surface area contributed by atoms with Gasteiger partial charge >= 0.3 is 8.56 Å². The van der Waals surface area contributed by atoms with Crippen LogP contribution in [0.1, 0.15) is 71.0 Å². The number of rotatable bonds is 6. The minimum absolute atomic E-state index is 0.0624. The average Bonchev–Trinajstić information content (AvgIpc) is 3.55. The first-order valence-electron chi connectivity index (χ1n) is 14.8. The summed E-state index contributed by atoms with van der Waals surface area (Å²) in [4.78, 5) is 14.3. The zero-order valence-corrected chi connectivity index (χ0v) is 26.4. The van der Waals surface area contributed by atoms with E-state index in [-0.39, 0.29) is 28.5 Å². The van der Waals surface area contributed by atoms with E-state index in [9.17, 15) is 0 Å². The van der Waals surface area contributed by atoms with Gasteiger partial charge in [0.2, 0.25) is 5.95 Å². The van der Waals surface area contributed by atoms with Crippen molar-refractivity contribution in [1.29, 1.82) is 0 Å². The van der Waals surface area contributed by atoms with Gasteiger partial charge in [0.1, 0.15) is 24.2 Å². The molecule has 2 aliphatic heterocycles. The zero-order chi connectivity index (χ0) is 29.5. The lowest BCUT2D eigenvalue weighted by Gasteiger charge is -2.53. The number of nitrogens with zero attached hydrogens (tertiary/aromatic N) is 4. The van der Waals surface area contributed by atoms with Gasteiger partial charge in [-0.15, -0.1) is 0 Å². The minimum atomic E-state index is -2.62. The Morgan fingerprint density at radius 2 is 1.60 bits per heavy atom. The molecule has 2 saturated heterocycles.